The Morgan fingerprint density at radius 3 is 2.72 bits per heavy atom. The highest BCUT2D eigenvalue weighted by molar-refractivity contribution is 7.89. The van der Waals surface area contributed by atoms with Crippen LogP contribution in [0.15, 0.2) is 23.1 Å². The van der Waals surface area contributed by atoms with Gasteiger partial charge in [0.15, 0.2) is 5.82 Å². The van der Waals surface area contributed by atoms with Gasteiger partial charge in [0, 0.05) is 13.0 Å². The summed E-state index contributed by atoms with van der Waals surface area (Å²) in [7, 11) is -4.01. The lowest BCUT2D eigenvalue weighted by Crippen LogP contribution is -2.26. The van der Waals surface area contributed by atoms with Gasteiger partial charge in [-0.2, -0.15) is 0 Å². The van der Waals surface area contributed by atoms with Gasteiger partial charge in [-0.1, -0.05) is 17.7 Å². The first-order chi connectivity index (χ1) is 8.34. The van der Waals surface area contributed by atoms with Gasteiger partial charge in [-0.05, 0) is 18.6 Å². The molecule has 1 aromatic rings. The van der Waals surface area contributed by atoms with Crippen molar-refractivity contribution in [3.05, 3.63) is 29.0 Å². The molecule has 0 aliphatic rings. The number of benzene rings is 1. The molecule has 0 heterocycles. The van der Waals surface area contributed by atoms with Crippen LogP contribution >= 0.6 is 11.6 Å². The van der Waals surface area contributed by atoms with E-state index in [0.29, 0.717) is 0 Å². The Kier molecular flexibility index (Phi) is 5.06. The summed E-state index contributed by atoms with van der Waals surface area (Å²) in [4.78, 5) is 9.69. The molecule has 5 nitrogen and oxygen atoms in total. The van der Waals surface area contributed by atoms with Crippen LogP contribution in [0.4, 0.5) is 4.39 Å². The lowest BCUT2D eigenvalue weighted by atomic mass is 10.3. The second kappa shape index (κ2) is 6.12. The number of halogens is 2. The van der Waals surface area contributed by atoms with Crippen molar-refractivity contribution in [2.75, 3.05) is 6.54 Å². The van der Waals surface area contributed by atoms with Gasteiger partial charge in [0.1, 0.15) is 4.90 Å². The normalized spacial score (nSPS) is 11.4. The Morgan fingerprint density at radius 1 is 1.44 bits per heavy atom. The van der Waals surface area contributed by atoms with E-state index in [9.17, 15) is 17.6 Å². The lowest BCUT2D eigenvalue weighted by Gasteiger charge is -2.07. The number of carbonyl (C=O) groups is 1. The van der Waals surface area contributed by atoms with Crippen molar-refractivity contribution in [1.82, 2.24) is 4.72 Å². The van der Waals surface area contributed by atoms with Gasteiger partial charge >= 0.3 is 5.97 Å². The van der Waals surface area contributed by atoms with E-state index in [1.54, 1.807) is 0 Å². The van der Waals surface area contributed by atoms with E-state index in [0.717, 1.165) is 6.07 Å². The van der Waals surface area contributed by atoms with E-state index in [1.165, 1.54) is 12.1 Å². The molecule has 1 rings (SSSR count). The molecule has 0 spiro atoms. The molecule has 2 N–H and O–H groups in total. The maximum Gasteiger partial charge on any atom is 0.303 e. The summed E-state index contributed by atoms with van der Waals surface area (Å²) >= 11 is 5.48. The molecule has 0 aromatic heterocycles. The highest BCUT2D eigenvalue weighted by Gasteiger charge is 2.20. The zero-order valence-electron chi connectivity index (χ0n) is 9.19. The molecule has 18 heavy (non-hydrogen) atoms. The third-order valence-electron chi connectivity index (χ3n) is 2.07. The summed E-state index contributed by atoms with van der Waals surface area (Å²) in [6.45, 7) is -0.0828. The zero-order chi connectivity index (χ0) is 13.8. The van der Waals surface area contributed by atoms with Crippen LogP contribution in [0, 0.1) is 5.82 Å². The standard InChI is InChI=1S/C10H11ClFNO4S/c11-7-3-1-4-8(10(7)12)18(16,17)13-6-2-5-9(14)15/h1,3-4,13H,2,5-6H2,(H,14,15). The number of rotatable bonds is 6. The Balaban J connectivity index is 2.75. The summed E-state index contributed by atoms with van der Waals surface area (Å²) in [5, 5.41) is 8.10. The van der Waals surface area contributed by atoms with E-state index in [4.69, 9.17) is 16.7 Å². The molecule has 0 radical (unpaired) electrons. The van der Waals surface area contributed by atoms with Gasteiger partial charge in [-0.25, -0.2) is 17.5 Å². The highest BCUT2D eigenvalue weighted by atomic mass is 35.5. The number of hydrogen-bond donors (Lipinski definition) is 2. The summed E-state index contributed by atoms with van der Waals surface area (Å²) in [5.41, 5.74) is 0. The van der Waals surface area contributed by atoms with Crippen molar-refractivity contribution in [3.63, 3.8) is 0 Å². The predicted molar refractivity (Wildman–Crippen MR) is 63.5 cm³/mol. The zero-order valence-corrected chi connectivity index (χ0v) is 10.8. The molecule has 0 saturated heterocycles. The third-order valence-corrected chi connectivity index (χ3v) is 3.84. The fraction of sp³-hybridized carbons (Fsp3) is 0.300. The maximum atomic E-state index is 13.5. The number of hydrogen-bond acceptors (Lipinski definition) is 3. The molecule has 0 amide bonds. The van der Waals surface area contributed by atoms with Crippen molar-refractivity contribution in [3.8, 4) is 0 Å². The smallest absolute Gasteiger partial charge is 0.303 e. The minimum absolute atomic E-state index is 0.0828. The van der Waals surface area contributed by atoms with Gasteiger partial charge in [0.05, 0.1) is 5.02 Å². The predicted octanol–water partition coefficient (Wildman–Crippen LogP) is 1.62. The van der Waals surface area contributed by atoms with Crippen LogP contribution in [0.5, 0.6) is 0 Å². The van der Waals surface area contributed by atoms with E-state index in [1.807, 2.05) is 0 Å². The van der Waals surface area contributed by atoms with Gasteiger partial charge in [-0.3, -0.25) is 4.79 Å². The molecule has 0 bridgehead atoms. The monoisotopic (exact) mass is 295 g/mol. The average Bonchev–Trinajstić information content (AvgIpc) is 2.28. The quantitative estimate of drug-likeness (QED) is 0.781. The number of aliphatic carboxylic acids is 1. The maximum absolute atomic E-state index is 13.5. The van der Waals surface area contributed by atoms with E-state index in [-0.39, 0.29) is 24.4 Å². The molecule has 100 valence electrons. The molecule has 0 saturated carbocycles. The minimum atomic E-state index is -4.01. The molecule has 0 aliphatic carbocycles. The second-order valence-corrected chi connectivity index (χ2v) is 5.59. The van der Waals surface area contributed by atoms with Crippen LogP contribution in [0.3, 0.4) is 0 Å². The fourth-order valence-electron chi connectivity index (χ4n) is 1.22. The fourth-order valence-corrected chi connectivity index (χ4v) is 2.62. The summed E-state index contributed by atoms with van der Waals surface area (Å²) in [6.07, 6.45) is -0.0443. The molecular weight excluding hydrogens is 285 g/mol. The van der Waals surface area contributed by atoms with Crippen LogP contribution < -0.4 is 4.72 Å². The largest absolute Gasteiger partial charge is 0.481 e. The second-order valence-electron chi connectivity index (χ2n) is 3.45. The van der Waals surface area contributed by atoms with Crippen LogP contribution in [-0.4, -0.2) is 26.0 Å². The Morgan fingerprint density at radius 2 is 2.11 bits per heavy atom. The Bertz CT molecular complexity index is 547. The molecule has 8 heteroatoms. The number of carboxylic acid groups (broad SMARTS) is 1. The first-order valence-corrected chi connectivity index (χ1v) is 6.86. The minimum Gasteiger partial charge on any atom is -0.481 e. The number of nitrogens with one attached hydrogen (secondary N) is 1. The van der Waals surface area contributed by atoms with Crippen molar-refractivity contribution in [2.24, 2.45) is 0 Å². The van der Waals surface area contributed by atoms with Crippen LogP contribution in [0.25, 0.3) is 0 Å². The van der Waals surface area contributed by atoms with Crippen LogP contribution in [-0.2, 0) is 14.8 Å². The van der Waals surface area contributed by atoms with Crippen molar-refractivity contribution in [2.45, 2.75) is 17.7 Å². The highest BCUT2D eigenvalue weighted by Crippen LogP contribution is 2.21. The molecule has 1 aromatic carbocycles. The molecular formula is C10H11ClFNO4S. The summed E-state index contributed by atoms with van der Waals surface area (Å²) in [5.74, 6) is -2.05. The molecule has 0 unspecified atom stereocenters. The third kappa shape index (κ3) is 3.94. The Hall–Kier alpha value is -1.18. The SMILES string of the molecule is O=C(O)CCCNS(=O)(=O)c1cccc(Cl)c1F. The van der Waals surface area contributed by atoms with Gasteiger partial charge < -0.3 is 5.11 Å². The Labute approximate surface area is 109 Å². The topological polar surface area (TPSA) is 83.5 Å². The first-order valence-electron chi connectivity index (χ1n) is 5.00. The molecule has 0 fully saturated rings. The lowest BCUT2D eigenvalue weighted by molar-refractivity contribution is -0.137. The number of carboxylic acids is 1. The van der Waals surface area contributed by atoms with Crippen molar-refractivity contribution < 1.29 is 22.7 Å². The molecule has 0 aliphatic heterocycles. The van der Waals surface area contributed by atoms with Gasteiger partial charge in [-0.15, -0.1) is 0 Å². The number of sulfonamides is 1. The molecule has 0 atom stereocenters. The van der Waals surface area contributed by atoms with Gasteiger partial charge in [0.2, 0.25) is 10.0 Å². The van der Waals surface area contributed by atoms with Gasteiger partial charge in [0.25, 0.3) is 0 Å². The van der Waals surface area contributed by atoms with Crippen molar-refractivity contribution in [1.29, 1.82) is 0 Å². The summed E-state index contributed by atoms with van der Waals surface area (Å²) in [6, 6.07) is 3.64. The van der Waals surface area contributed by atoms with Crippen LogP contribution in [0.1, 0.15) is 12.8 Å². The van der Waals surface area contributed by atoms with E-state index in [2.05, 4.69) is 4.72 Å². The van der Waals surface area contributed by atoms with Crippen LogP contribution in [0.2, 0.25) is 5.02 Å². The average molecular weight is 296 g/mol. The van der Waals surface area contributed by atoms with E-state index < -0.39 is 26.7 Å². The van der Waals surface area contributed by atoms with E-state index >= 15 is 0 Å². The summed E-state index contributed by atoms with van der Waals surface area (Å²) < 4.78 is 39.0. The first kappa shape index (κ1) is 14.9. The van der Waals surface area contributed by atoms with Crippen molar-refractivity contribution >= 4 is 27.6 Å².